The van der Waals surface area contributed by atoms with Crippen LogP contribution in [-0.2, 0) is 6.54 Å². The predicted octanol–water partition coefficient (Wildman–Crippen LogP) is 2.81. The van der Waals surface area contributed by atoms with Crippen LogP contribution in [0.25, 0.3) is 11.3 Å². The monoisotopic (exact) mass is 416 g/mol. The Morgan fingerprint density at radius 1 is 1.48 bits per heavy atom. The molecular weight excluding hydrogens is 399 g/mol. The van der Waals surface area contributed by atoms with Gasteiger partial charge in [0.25, 0.3) is 5.91 Å². The number of benzene rings is 1. The van der Waals surface area contributed by atoms with Crippen LogP contribution in [0.2, 0.25) is 5.02 Å². The van der Waals surface area contributed by atoms with Crippen molar-refractivity contribution >= 4 is 17.5 Å². The van der Waals surface area contributed by atoms with E-state index in [-0.39, 0.29) is 28.2 Å². The Balaban J connectivity index is 1.66. The van der Waals surface area contributed by atoms with E-state index in [1.54, 1.807) is 29.9 Å². The summed E-state index contributed by atoms with van der Waals surface area (Å²) in [6, 6.07) is 5.83. The summed E-state index contributed by atoms with van der Waals surface area (Å²) in [5.41, 5.74) is 0.981. The molecule has 0 aliphatic rings. The number of hydrogen-bond acceptors (Lipinski definition) is 5. The van der Waals surface area contributed by atoms with E-state index in [1.165, 1.54) is 18.3 Å². The highest BCUT2D eigenvalue weighted by molar-refractivity contribution is 6.32. The van der Waals surface area contributed by atoms with Crippen molar-refractivity contribution in [3.63, 3.8) is 0 Å². The standard InChI is InChI=1S/C19H18ClFN6O2/c1-10(24-19(29)17-8-23-18(25-17)11(2)28)9-27-4-3-16(26-27)12-5-14(20)13(7-22)15(21)6-12/h3-6,8,10-11,28H,9H2,1-2H3,(H,23,25)(H,24,29)/t10?,11-/m0/s1. The van der Waals surface area contributed by atoms with Crippen molar-refractivity contribution < 1.29 is 14.3 Å². The van der Waals surface area contributed by atoms with E-state index in [0.717, 1.165) is 0 Å². The molecule has 0 aliphatic carbocycles. The van der Waals surface area contributed by atoms with Crippen molar-refractivity contribution in [3.05, 3.63) is 58.5 Å². The lowest BCUT2D eigenvalue weighted by Crippen LogP contribution is -2.36. The number of H-pyrrole nitrogens is 1. The molecule has 0 fully saturated rings. The van der Waals surface area contributed by atoms with Crippen LogP contribution in [-0.4, -0.2) is 36.8 Å². The Labute approximate surface area is 171 Å². The van der Waals surface area contributed by atoms with E-state index in [2.05, 4.69) is 20.4 Å². The summed E-state index contributed by atoms with van der Waals surface area (Å²) in [5.74, 6) is -0.751. The lowest BCUT2D eigenvalue weighted by Gasteiger charge is -2.13. The Morgan fingerprint density at radius 3 is 2.86 bits per heavy atom. The highest BCUT2D eigenvalue weighted by Gasteiger charge is 2.16. The minimum absolute atomic E-state index is 0.0220. The number of aliphatic hydroxyl groups is 1. The summed E-state index contributed by atoms with van der Waals surface area (Å²) in [6.07, 6.45) is 2.26. The Hall–Kier alpha value is -3.22. The zero-order valence-corrected chi connectivity index (χ0v) is 16.4. The van der Waals surface area contributed by atoms with Crippen LogP contribution in [0.5, 0.6) is 0 Å². The van der Waals surface area contributed by atoms with Crippen LogP contribution in [0.1, 0.15) is 41.8 Å². The largest absolute Gasteiger partial charge is 0.385 e. The molecule has 0 aliphatic heterocycles. The van der Waals surface area contributed by atoms with Gasteiger partial charge in [-0.15, -0.1) is 0 Å². The number of amides is 1. The van der Waals surface area contributed by atoms with Crippen LogP contribution in [0.3, 0.4) is 0 Å². The van der Waals surface area contributed by atoms with E-state index < -0.39 is 11.9 Å². The van der Waals surface area contributed by atoms with Gasteiger partial charge in [-0.3, -0.25) is 9.48 Å². The Morgan fingerprint density at radius 2 is 2.24 bits per heavy atom. The molecule has 150 valence electrons. The van der Waals surface area contributed by atoms with Crippen LogP contribution >= 0.6 is 11.6 Å². The number of nitrogens with one attached hydrogen (secondary N) is 2. The predicted molar refractivity (Wildman–Crippen MR) is 103 cm³/mol. The highest BCUT2D eigenvalue weighted by atomic mass is 35.5. The molecule has 1 aromatic carbocycles. The van der Waals surface area contributed by atoms with Crippen LogP contribution in [0.4, 0.5) is 4.39 Å². The third-order valence-corrected chi connectivity index (χ3v) is 4.46. The first kappa shape index (κ1) is 20.5. The zero-order chi connectivity index (χ0) is 21.1. The average Bonchev–Trinajstić information content (AvgIpc) is 3.31. The lowest BCUT2D eigenvalue weighted by molar-refractivity contribution is 0.0931. The van der Waals surface area contributed by atoms with Gasteiger partial charge in [0.1, 0.15) is 35.1 Å². The van der Waals surface area contributed by atoms with E-state index in [4.69, 9.17) is 16.9 Å². The van der Waals surface area contributed by atoms with E-state index in [9.17, 15) is 14.3 Å². The second kappa shape index (κ2) is 8.43. The second-order valence-electron chi connectivity index (χ2n) is 6.58. The first-order valence-corrected chi connectivity index (χ1v) is 9.13. The van der Waals surface area contributed by atoms with Gasteiger partial charge in [0, 0.05) is 17.8 Å². The highest BCUT2D eigenvalue weighted by Crippen LogP contribution is 2.26. The first-order valence-electron chi connectivity index (χ1n) is 8.75. The molecule has 2 heterocycles. The molecule has 29 heavy (non-hydrogen) atoms. The Kier molecular flexibility index (Phi) is 5.96. The van der Waals surface area contributed by atoms with Crippen LogP contribution in [0, 0.1) is 17.1 Å². The smallest absolute Gasteiger partial charge is 0.269 e. The molecule has 1 unspecified atom stereocenters. The number of halogens is 2. The molecule has 1 amide bonds. The summed E-state index contributed by atoms with van der Waals surface area (Å²) in [5, 5.41) is 25.6. The van der Waals surface area contributed by atoms with E-state index >= 15 is 0 Å². The maximum absolute atomic E-state index is 14.0. The van der Waals surface area contributed by atoms with Gasteiger partial charge in [-0.05, 0) is 32.0 Å². The van der Waals surface area contributed by atoms with Gasteiger partial charge in [0.2, 0.25) is 0 Å². The van der Waals surface area contributed by atoms with Crippen molar-refractivity contribution in [2.45, 2.75) is 32.5 Å². The molecule has 0 spiro atoms. The van der Waals surface area contributed by atoms with Crippen LogP contribution in [0.15, 0.2) is 30.6 Å². The van der Waals surface area contributed by atoms with Gasteiger partial charge in [-0.25, -0.2) is 9.37 Å². The molecule has 3 aromatic rings. The summed E-state index contributed by atoms with van der Waals surface area (Å²) >= 11 is 5.94. The number of carbonyl (C=O) groups excluding carboxylic acids is 1. The number of rotatable bonds is 6. The van der Waals surface area contributed by atoms with Crippen LogP contribution < -0.4 is 5.32 Å². The van der Waals surface area contributed by atoms with Crippen molar-refractivity contribution in [3.8, 4) is 17.3 Å². The van der Waals surface area contributed by atoms with Gasteiger partial charge >= 0.3 is 0 Å². The minimum atomic E-state index is -0.794. The molecule has 8 nitrogen and oxygen atoms in total. The number of nitrogens with zero attached hydrogens (tertiary/aromatic N) is 4. The molecule has 0 saturated carbocycles. The number of imidazole rings is 1. The molecule has 0 bridgehead atoms. The van der Waals surface area contributed by atoms with Crippen molar-refractivity contribution in [1.82, 2.24) is 25.1 Å². The number of nitriles is 1. The molecule has 0 saturated heterocycles. The second-order valence-corrected chi connectivity index (χ2v) is 6.99. The van der Waals surface area contributed by atoms with Gasteiger partial charge in [0.15, 0.2) is 0 Å². The number of aromatic amines is 1. The lowest BCUT2D eigenvalue weighted by atomic mass is 10.1. The maximum atomic E-state index is 14.0. The summed E-state index contributed by atoms with van der Waals surface area (Å²) in [4.78, 5) is 19.0. The number of carbonyl (C=O) groups is 1. The van der Waals surface area contributed by atoms with Crippen molar-refractivity contribution in [2.75, 3.05) is 0 Å². The van der Waals surface area contributed by atoms with E-state index in [1.807, 2.05) is 6.92 Å². The maximum Gasteiger partial charge on any atom is 0.269 e. The minimum Gasteiger partial charge on any atom is -0.385 e. The summed E-state index contributed by atoms with van der Waals surface area (Å²) in [6.45, 7) is 3.73. The zero-order valence-electron chi connectivity index (χ0n) is 15.6. The fourth-order valence-corrected chi connectivity index (χ4v) is 2.99. The Bertz CT molecular complexity index is 1060. The quantitative estimate of drug-likeness (QED) is 0.570. The van der Waals surface area contributed by atoms with Gasteiger partial charge < -0.3 is 15.4 Å². The number of aromatic nitrogens is 4. The van der Waals surface area contributed by atoms with Gasteiger partial charge in [0.05, 0.1) is 23.5 Å². The normalized spacial score (nSPS) is 13.0. The average molecular weight is 417 g/mol. The molecule has 3 rings (SSSR count). The third-order valence-electron chi connectivity index (χ3n) is 4.16. The molecule has 2 aromatic heterocycles. The SMILES string of the molecule is CC(Cn1ccc(-c2cc(F)c(C#N)c(Cl)c2)n1)NC(=O)c1cnc([C@H](C)O)[nH]1. The molecule has 3 N–H and O–H groups in total. The summed E-state index contributed by atoms with van der Waals surface area (Å²) < 4.78 is 15.6. The fraction of sp³-hybridized carbons (Fsp3) is 0.263. The van der Waals surface area contributed by atoms with E-state index in [0.29, 0.717) is 23.6 Å². The fourth-order valence-electron chi connectivity index (χ4n) is 2.74. The first-order chi connectivity index (χ1) is 13.8. The molecule has 10 heteroatoms. The van der Waals surface area contributed by atoms with Gasteiger partial charge in [-0.2, -0.15) is 10.4 Å². The van der Waals surface area contributed by atoms with Gasteiger partial charge in [-0.1, -0.05) is 11.6 Å². The number of hydrogen-bond donors (Lipinski definition) is 3. The topological polar surface area (TPSA) is 120 Å². The third kappa shape index (κ3) is 4.62. The van der Waals surface area contributed by atoms with Crippen molar-refractivity contribution in [2.24, 2.45) is 0 Å². The molecular formula is C19H18ClFN6O2. The number of aliphatic hydroxyl groups excluding tert-OH is 1. The summed E-state index contributed by atoms with van der Waals surface area (Å²) in [7, 11) is 0. The molecule has 0 radical (unpaired) electrons. The molecule has 2 atom stereocenters. The van der Waals surface area contributed by atoms with Crippen molar-refractivity contribution in [1.29, 1.82) is 5.26 Å².